The highest BCUT2D eigenvalue weighted by Crippen LogP contribution is 2.19. The van der Waals surface area contributed by atoms with Gasteiger partial charge >= 0.3 is 0 Å². The lowest BCUT2D eigenvalue weighted by molar-refractivity contribution is 0.360. The van der Waals surface area contributed by atoms with Gasteiger partial charge in [-0.25, -0.2) is 8.78 Å². The zero-order valence-electron chi connectivity index (χ0n) is 17.6. The first-order valence-corrected chi connectivity index (χ1v) is 10.4. The van der Waals surface area contributed by atoms with E-state index >= 15 is 0 Å². The lowest BCUT2D eigenvalue weighted by Gasteiger charge is -2.07. The van der Waals surface area contributed by atoms with Crippen LogP contribution in [0.1, 0.15) is 22.3 Å². The molecule has 4 rings (SSSR count). The zero-order valence-corrected chi connectivity index (χ0v) is 17.6. The van der Waals surface area contributed by atoms with Crippen LogP contribution in [0.2, 0.25) is 0 Å². The molecule has 0 bridgehead atoms. The SMILES string of the molecule is C=CCOc1ccc(CCc2ccc(C#Cc3ccc4cc(F)ccc4c3)cc2)c(F)c1. The van der Waals surface area contributed by atoms with E-state index in [2.05, 4.69) is 18.4 Å². The van der Waals surface area contributed by atoms with Gasteiger partial charge in [0, 0.05) is 17.2 Å². The Morgan fingerprint density at radius 1 is 0.750 bits per heavy atom. The van der Waals surface area contributed by atoms with E-state index in [0.29, 0.717) is 24.3 Å². The van der Waals surface area contributed by atoms with Gasteiger partial charge in [-0.15, -0.1) is 0 Å². The van der Waals surface area contributed by atoms with E-state index in [-0.39, 0.29) is 11.6 Å². The Kier molecular flexibility index (Phi) is 6.63. The van der Waals surface area contributed by atoms with Gasteiger partial charge in [0.05, 0.1) is 0 Å². The van der Waals surface area contributed by atoms with Gasteiger partial charge in [-0.3, -0.25) is 0 Å². The Hall–Kier alpha value is -3.90. The highest BCUT2D eigenvalue weighted by molar-refractivity contribution is 5.84. The van der Waals surface area contributed by atoms with E-state index in [4.69, 9.17) is 4.74 Å². The molecule has 0 aliphatic heterocycles. The molecule has 0 N–H and O–H groups in total. The Bertz CT molecular complexity index is 1310. The highest BCUT2D eigenvalue weighted by atomic mass is 19.1. The Morgan fingerprint density at radius 3 is 2.25 bits per heavy atom. The van der Waals surface area contributed by atoms with E-state index in [9.17, 15) is 8.78 Å². The monoisotopic (exact) mass is 424 g/mol. The maximum atomic E-state index is 14.3. The molecule has 3 heteroatoms. The molecule has 0 unspecified atom stereocenters. The molecule has 0 saturated carbocycles. The van der Waals surface area contributed by atoms with Crippen LogP contribution in [0.15, 0.2) is 91.5 Å². The molecule has 1 nitrogen and oxygen atoms in total. The third-order valence-corrected chi connectivity index (χ3v) is 5.18. The molecule has 0 aromatic heterocycles. The molecule has 0 aliphatic rings. The van der Waals surface area contributed by atoms with Gasteiger partial charge in [-0.2, -0.15) is 0 Å². The van der Waals surface area contributed by atoms with Gasteiger partial charge in [0.25, 0.3) is 0 Å². The fourth-order valence-corrected chi connectivity index (χ4v) is 3.45. The minimum atomic E-state index is -0.257. The van der Waals surface area contributed by atoms with E-state index in [0.717, 1.165) is 33.9 Å². The van der Waals surface area contributed by atoms with Crippen LogP contribution in [0.5, 0.6) is 5.75 Å². The van der Waals surface area contributed by atoms with Gasteiger partial charge in [0.2, 0.25) is 0 Å². The van der Waals surface area contributed by atoms with Crippen LogP contribution in [0, 0.1) is 23.5 Å². The van der Waals surface area contributed by atoms with Gasteiger partial charge in [-0.05, 0) is 77.2 Å². The van der Waals surface area contributed by atoms with Crippen molar-refractivity contribution in [1.29, 1.82) is 0 Å². The quantitative estimate of drug-likeness (QED) is 0.242. The average Bonchev–Trinajstić information content (AvgIpc) is 2.81. The number of ether oxygens (including phenoxy) is 1. The summed E-state index contributed by atoms with van der Waals surface area (Å²) in [6.45, 7) is 3.94. The van der Waals surface area contributed by atoms with Crippen molar-refractivity contribution in [3.63, 3.8) is 0 Å². The number of hydrogen-bond acceptors (Lipinski definition) is 1. The normalized spacial score (nSPS) is 10.4. The number of benzene rings is 4. The second-order valence-corrected chi connectivity index (χ2v) is 7.51. The number of fused-ring (bicyclic) bond motifs is 1. The first-order valence-electron chi connectivity index (χ1n) is 10.4. The number of halogens is 2. The molecule has 0 spiro atoms. The van der Waals surface area contributed by atoms with E-state index in [1.807, 2.05) is 42.5 Å². The molecule has 4 aromatic rings. The average molecular weight is 424 g/mol. The molecule has 0 heterocycles. The van der Waals surface area contributed by atoms with Gasteiger partial charge in [0.15, 0.2) is 0 Å². The molecule has 32 heavy (non-hydrogen) atoms. The molecule has 0 radical (unpaired) electrons. The van der Waals surface area contributed by atoms with Crippen molar-refractivity contribution >= 4 is 10.8 Å². The van der Waals surface area contributed by atoms with Crippen molar-refractivity contribution in [1.82, 2.24) is 0 Å². The number of rotatable bonds is 6. The summed E-state index contributed by atoms with van der Waals surface area (Å²) in [7, 11) is 0. The summed E-state index contributed by atoms with van der Waals surface area (Å²) in [5, 5.41) is 1.82. The minimum absolute atomic E-state index is 0.242. The fourth-order valence-electron chi connectivity index (χ4n) is 3.45. The van der Waals surface area contributed by atoms with E-state index in [1.165, 1.54) is 18.2 Å². The Labute approximate surface area is 187 Å². The first-order chi connectivity index (χ1) is 15.6. The second-order valence-electron chi connectivity index (χ2n) is 7.51. The van der Waals surface area contributed by atoms with Crippen LogP contribution in [-0.2, 0) is 12.8 Å². The summed E-state index contributed by atoms with van der Waals surface area (Å²) in [6.07, 6.45) is 2.97. The van der Waals surface area contributed by atoms with Crippen molar-refractivity contribution < 1.29 is 13.5 Å². The van der Waals surface area contributed by atoms with Crippen molar-refractivity contribution in [2.75, 3.05) is 6.61 Å². The predicted molar refractivity (Wildman–Crippen MR) is 126 cm³/mol. The van der Waals surface area contributed by atoms with Crippen LogP contribution < -0.4 is 4.74 Å². The molecule has 0 amide bonds. The molecule has 0 saturated heterocycles. The second kappa shape index (κ2) is 9.94. The smallest absolute Gasteiger partial charge is 0.130 e. The van der Waals surface area contributed by atoms with Crippen molar-refractivity contribution in [3.05, 3.63) is 125 Å². The van der Waals surface area contributed by atoms with Crippen LogP contribution in [0.4, 0.5) is 8.78 Å². The van der Waals surface area contributed by atoms with Crippen LogP contribution in [-0.4, -0.2) is 6.61 Å². The third-order valence-electron chi connectivity index (χ3n) is 5.18. The molecular formula is C29H22F2O. The van der Waals surface area contributed by atoms with E-state index in [1.54, 1.807) is 24.3 Å². The summed E-state index contributed by atoms with van der Waals surface area (Å²) < 4.78 is 33.0. The highest BCUT2D eigenvalue weighted by Gasteiger charge is 2.05. The maximum absolute atomic E-state index is 14.3. The van der Waals surface area contributed by atoms with Gasteiger partial charge in [-0.1, -0.05) is 54.8 Å². The van der Waals surface area contributed by atoms with Crippen molar-refractivity contribution in [3.8, 4) is 17.6 Å². The molecule has 4 aromatic carbocycles. The van der Waals surface area contributed by atoms with Crippen LogP contribution in [0.25, 0.3) is 10.8 Å². The largest absolute Gasteiger partial charge is 0.489 e. The van der Waals surface area contributed by atoms with Crippen LogP contribution >= 0.6 is 0 Å². The van der Waals surface area contributed by atoms with Gasteiger partial charge < -0.3 is 4.74 Å². The summed E-state index contributed by atoms with van der Waals surface area (Å²) in [4.78, 5) is 0. The first kappa shape index (κ1) is 21.3. The summed E-state index contributed by atoms with van der Waals surface area (Å²) in [5.74, 6) is 6.33. The number of aryl methyl sites for hydroxylation is 2. The lowest BCUT2D eigenvalue weighted by atomic mass is 10.0. The van der Waals surface area contributed by atoms with Crippen molar-refractivity contribution in [2.45, 2.75) is 12.8 Å². The Balaban J connectivity index is 1.39. The lowest BCUT2D eigenvalue weighted by Crippen LogP contribution is -1.98. The predicted octanol–water partition coefficient (Wildman–Crippen LogP) is 6.87. The third kappa shape index (κ3) is 5.42. The molecular weight excluding hydrogens is 402 g/mol. The summed E-state index contributed by atoms with van der Waals surface area (Å²) in [5.41, 5.74) is 3.57. The molecule has 0 atom stereocenters. The van der Waals surface area contributed by atoms with Crippen molar-refractivity contribution in [2.24, 2.45) is 0 Å². The molecule has 0 aliphatic carbocycles. The zero-order chi connectivity index (χ0) is 22.3. The maximum Gasteiger partial charge on any atom is 0.130 e. The summed E-state index contributed by atoms with van der Waals surface area (Å²) >= 11 is 0. The Morgan fingerprint density at radius 2 is 1.47 bits per heavy atom. The topological polar surface area (TPSA) is 9.23 Å². The summed E-state index contributed by atoms with van der Waals surface area (Å²) in [6, 6.07) is 23.4. The van der Waals surface area contributed by atoms with E-state index < -0.39 is 0 Å². The molecule has 158 valence electrons. The fraction of sp³-hybridized carbons (Fsp3) is 0.103. The van der Waals surface area contributed by atoms with Gasteiger partial charge in [0.1, 0.15) is 24.0 Å². The van der Waals surface area contributed by atoms with Crippen LogP contribution in [0.3, 0.4) is 0 Å². The minimum Gasteiger partial charge on any atom is -0.489 e. The number of hydrogen-bond donors (Lipinski definition) is 0. The standard InChI is InChI=1S/C29H22F2O/c1-2-17-32-28-16-14-24(29(31)20-28)11-9-22-5-3-21(4-6-22)7-8-23-10-12-26-19-27(30)15-13-25(26)18-23/h2-6,10,12-16,18-20H,1,9,11,17H2. The molecule has 0 fully saturated rings.